The summed E-state index contributed by atoms with van der Waals surface area (Å²) < 4.78 is 10.3. The van der Waals surface area contributed by atoms with Crippen LogP contribution < -0.4 is 0 Å². The van der Waals surface area contributed by atoms with Gasteiger partial charge in [-0.1, -0.05) is 25.1 Å². The molecule has 0 aromatic carbocycles. The number of aromatic nitrogens is 3. The van der Waals surface area contributed by atoms with Gasteiger partial charge in [-0.15, -0.1) is 5.10 Å². The van der Waals surface area contributed by atoms with Gasteiger partial charge in [-0.2, -0.15) is 0 Å². The molecule has 0 amide bonds. The fraction of sp³-hybridized carbons (Fsp3) is 0.727. The smallest absolute Gasteiger partial charge is 0.316 e. The van der Waals surface area contributed by atoms with Crippen molar-refractivity contribution in [1.29, 1.82) is 0 Å². The number of ether oxygens (including phenoxy) is 2. The number of nitrogens with one attached hydrogen (secondary N) is 1. The van der Waals surface area contributed by atoms with Crippen LogP contribution in [-0.2, 0) is 14.3 Å². The van der Waals surface area contributed by atoms with E-state index in [9.17, 15) is 4.79 Å². The van der Waals surface area contributed by atoms with E-state index in [-0.39, 0.29) is 11.7 Å². The Balaban J connectivity index is 2.00. The molecular formula is C11H19N3O3S. The van der Waals surface area contributed by atoms with Crippen molar-refractivity contribution in [2.75, 3.05) is 25.6 Å². The van der Waals surface area contributed by atoms with Crippen molar-refractivity contribution < 1.29 is 14.3 Å². The lowest BCUT2D eigenvalue weighted by Crippen LogP contribution is -2.12. The Labute approximate surface area is 111 Å². The van der Waals surface area contributed by atoms with Gasteiger partial charge < -0.3 is 9.47 Å². The summed E-state index contributed by atoms with van der Waals surface area (Å²) in [5.74, 6) is 0.670. The van der Waals surface area contributed by atoms with Crippen molar-refractivity contribution in [3.05, 3.63) is 5.82 Å². The van der Waals surface area contributed by atoms with Crippen LogP contribution in [0.15, 0.2) is 5.16 Å². The van der Waals surface area contributed by atoms with E-state index in [4.69, 9.17) is 9.47 Å². The SMILES string of the molecule is CCCCOCCOC(=O)CSc1n[nH]c(C)n1. The van der Waals surface area contributed by atoms with E-state index >= 15 is 0 Å². The Bertz CT molecular complexity index is 357. The highest BCUT2D eigenvalue weighted by molar-refractivity contribution is 7.99. The molecule has 1 N–H and O–H groups in total. The van der Waals surface area contributed by atoms with E-state index in [0.29, 0.717) is 18.4 Å². The van der Waals surface area contributed by atoms with Gasteiger partial charge in [-0.25, -0.2) is 4.98 Å². The summed E-state index contributed by atoms with van der Waals surface area (Å²) in [6, 6.07) is 0. The van der Waals surface area contributed by atoms with Gasteiger partial charge in [-0.3, -0.25) is 9.89 Å². The molecule has 0 saturated carbocycles. The number of unbranched alkanes of at least 4 members (excludes halogenated alkanes) is 1. The van der Waals surface area contributed by atoms with Crippen LogP contribution in [0.25, 0.3) is 0 Å². The number of rotatable bonds is 9. The maximum atomic E-state index is 11.3. The lowest BCUT2D eigenvalue weighted by Gasteiger charge is -2.04. The molecule has 0 spiro atoms. The number of aryl methyl sites for hydroxylation is 1. The van der Waals surface area contributed by atoms with E-state index in [1.807, 2.05) is 6.92 Å². The van der Waals surface area contributed by atoms with Gasteiger partial charge >= 0.3 is 5.97 Å². The molecule has 0 radical (unpaired) electrons. The third kappa shape index (κ3) is 6.61. The molecule has 1 aromatic heterocycles. The molecule has 6 nitrogen and oxygen atoms in total. The van der Waals surface area contributed by atoms with E-state index in [1.54, 1.807) is 0 Å². The largest absolute Gasteiger partial charge is 0.463 e. The van der Waals surface area contributed by atoms with Gasteiger partial charge in [-0.05, 0) is 13.3 Å². The van der Waals surface area contributed by atoms with Crippen LogP contribution in [0.4, 0.5) is 0 Å². The third-order valence-electron chi connectivity index (χ3n) is 2.03. The number of carbonyl (C=O) groups excluding carboxylic acids is 1. The highest BCUT2D eigenvalue weighted by atomic mass is 32.2. The van der Waals surface area contributed by atoms with Gasteiger partial charge in [0.1, 0.15) is 12.4 Å². The molecule has 0 aliphatic carbocycles. The zero-order valence-corrected chi connectivity index (χ0v) is 11.6. The number of aromatic amines is 1. The summed E-state index contributed by atoms with van der Waals surface area (Å²) in [7, 11) is 0. The number of esters is 1. The summed E-state index contributed by atoms with van der Waals surface area (Å²) in [4.78, 5) is 15.4. The summed E-state index contributed by atoms with van der Waals surface area (Å²) in [5, 5.41) is 7.18. The van der Waals surface area contributed by atoms with Gasteiger partial charge in [0.25, 0.3) is 0 Å². The van der Waals surface area contributed by atoms with Crippen molar-refractivity contribution in [3.63, 3.8) is 0 Å². The third-order valence-corrected chi connectivity index (χ3v) is 2.85. The number of carbonyl (C=O) groups is 1. The molecule has 1 rings (SSSR count). The normalized spacial score (nSPS) is 10.6. The first-order valence-corrected chi connectivity index (χ1v) is 6.96. The minimum atomic E-state index is -0.276. The molecule has 0 unspecified atom stereocenters. The van der Waals surface area contributed by atoms with Crippen molar-refractivity contribution in [3.8, 4) is 0 Å². The molecule has 1 aromatic rings. The second-order valence-corrected chi connectivity index (χ2v) is 4.62. The lowest BCUT2D eigenvalue weighted by atomic mass is 10.4. The van der Waals surface area contributed by atoms with Gasteiger partial charge in [0.05, 0.1) is 12.4 Å². The maximum Gasteiger partial charge on any atom is 0.316 e. The van der Waals surface area contributed by atoms with Crippen LogP contribution in [0.1, 0.15) is 25.6 Å². The van der Waals surface area contributed by atoms with E-state index in [2.05, 4.69) is 22.1 Å². The Morgan fingerprint density at radius 2 is 2.22 bits per heavy atom. The van der Waals surface area contributed by atoms with Crippen molar-refractivity contribution >= 4 is 17.7 Å². The topological polar surface area (TPSA) is 77.1 Å². The molecule has 0 aliphatic heterocycles. The molecular weight excluding hydrogens is 254 g/mol. The molecule has 0 aliphatic rings. The second kappa shape index (κ2) is 8.93. The van der Waals surface area contributed by atoms with Crippen LogP contribution in [0, 0.1) is 6.92 Å². The van der Waals surface area contributed by atoms with E-state index < -0.39 is 0 Å². The summed E-state index contributed by atoms with van der Waals surface area (Å²) in [6.45, 7) is 5.39. The monoisotopic (exact) mass is 273 g/mol. The number of H-pyrrole nitrogens is 1. The Morgan fingerprint density at radius 3 is 2.89 bits per heavy atom. The number of nitrogens with zero attached hydrogens (tertiary/aromatic N) is 2. The Hall–Kier alpha value is -1.08. The molecule has 0 bridgehead atoms. The minimum absolute atomic E-state index is 0.215. The highest BCUT2D eigenvalue weighted by Crippen LogP contribution is 2.11. The molecule has 102 valence electrons. The maximum absolute atomic E-state index is 11.3. The average Bonchev–Trinajstić information content (AvgIpc) is 2.77. The summed E-state index contributed by atoms with van der Waals surface area (Å²) in [5.41, 5.74) is 0. The fourth-order valence-corrected chi connectivity index (χ4v) is 1.76. The predicted octanol–water partition coefficient (Wildman–Crippen LogP) is 1.57. The molecule has 0 atom stereocenters. The molecule has 18 heavy (non-hydrogen) atoms. The number of hydrogen-bond acceptors (Lipinski definition) is 6. The first-order chi connectivity index (χ1) is 8.72. The quantitative estimate of drug-likeness (QED) is 0.418. The average molecular weight is 273 g/mol. The highest BCUT2D eigenvalue weighted by Gasteiger charge is 2.07. The van der Waals surface area contributed by atoms with Crippen LogP contribution >= 0.6 is 11.8 Å². The number of thioether (sulfide) groups is 1. The fourth-order valence-electron chi connectivity index (χ4n) is 1.11. The first kappa shape index (κ1) is 15.0. The Kier molecular flexibility index (Phi) is 7.43. The summed E-state index contributed by atoms with van der Waals surface area (Å²) in [6.07, 6.45) is 2.14. The van der Waals surface area contributed by atoms with E-state index in [0.717, 1.165) is 25.3 Å². The number of hydrogen-bond donors (Lipinski definition) is 1. The van der Waals surface area contributed by atoms with Crippen molar-refractivity contribution in [1.82, 2.24) is 15.2 Å². The van der Waals surface area contributed by atoms with Gasteiger partial charge in [0, 0.05) is 6.61 Å². The molecule has 1 heterocycles. The second-order valence-electron chi connectivity index (χ2n) is 3.68. The van der Waals surface area contributed by atoms with Crippen molar-refractivity contribution in [2.45, 2.75) is 31.8 Å². The molecule has 7 heteroatoms. The van der Waals surface area contributed by atoms with Gasteiger partial charge in [0.2, 0.25) is 5.16 Å². The Morgan fingerprint density at radius 1 is 1.39 bits per heavy atom. The standard InChI is InChI=1S/C11H19N3O3S/c1-3-4-5-16-6-7-17-10(15)8-18-11-12-9(2)13-14-11/h3-8H2,1-2H3,(H,12,13,14). The molecule has 0 fully saturated rings. The molecule has 0 saturated heterocycles. The zero-order valence-electron chi connectivity index (χ0n) is 10.8. The zero-order chi connectivity index (χ0) is 13.2. The van der Waals surface area contributed by atoms with Crippen LogP contribution in [-0.4, -0.2) is 46.7 Å². The summed E-state index contributed by atoms with van der Waals surface area (Å²) >= 11 is 1.25. The predicted molar refractivity (Wildman–Crippen MR) is 68.5 cm³/mol. The van der Waals surface area contributed by atoms with Crippen LogP contribution in [0.2, 0.25) is 0 Å². The van der Waals surface area contributed by atoms with Crippen LogP contribution in [0.5, 0.6) is 0 Å². The van der Waals surface area contributed by atoms with Crippen molar-refractivity contribution in [2.24, 2.45) is 0 Å². The van der Waals surface area contributed by atoms with Gasteiger partial charge in [0.15, 0.2) is 0 Å². The van der Waals surface area contributed by atoms with Crippen LogP contribution in [0.3, 0.4) is 0 Å². The first-order valence-electron chi connectivity index (χ1n) is 5.97. The van der Waals surface area contributed by atoms with E-state index in [1.165, 1.54) is 11.8 Å². The lowest BCUT2D eigenvalue weighted by molar-refractivity contribution is -0.141. The minimum Gasteiger partial charge on any atom is -0.463 e.